The van der Waals surface area contributed by atoms with Crippen LogP contribution in [0.1, 0.15) is 25.3 Å². The van der Waals surface area contributed by atoms with Crippen LogP contribution >= 0.6 is 11.6 Å². The first-order valence-electron chi connectivity index (χ1n) is 7.40. The number of nitrogens with zero attached hydrogens (tertiary/aromatic N) is 2. The van der Waals surface area contributed by atoms with Gasteiger partial charge in [-0.15, -0.1) is 0 Å². The molecule has 0 bridgehead atoms. The first kappa shape index (κ1) is 15.8. The number of benzene rings is 1. The molecule has 0 saturated carbocycles. The van der Waals surface area contributed by atoms with E-state index < -0.39 is 0 Å². The van der Waals surface area contributed by atoms with E-state index >= 15 is 0 Å². The molecule has 0 aliphatic carbocycles. The Labute approximate surface area is 130 Å². The van der Waals surface area contributed by atoms with Gasteiger partial charge < -0.3 is 9.80 Å². The van der Waals surface area contributed by atoms with E-state index in [0.29, 0.717) is 44.0 Å². The van der Waals surface area contributed by atoms with Gasteiger partial charge in [-0.2, -0.15) is 0 Å². The molecule has 1 aliphatic heterocycles. The number of carbonyl (C=O) groups is 2. The van der Waals surface area contributed by atoms with Gasteiger partial charge in [-0.3, -0.25) is 9.59 Å². The van der Waals surface area contributed by atoms with Crippen LogP contribution in [0.3, 0.4) is 0 Å². The second-order valence-corrected chi connectivity index (χ2v) is 5.75. The van der Waals surface area contributed by atoms with Gasteiger partial charge in [0, 0.05) is 37.6 Å². The monoisotopic (exact) mass is 308 g/mol. The van der Waals surface area contributed by atoms with Crippen LogP contribution in [0.15, 0.2) is 24.3 Å². The fourth-order valence-corrected chi connectivity index (χ4v) is 2.59. The maximum atomic E-state index is 12.2. The molecule has 2 amide bonds. The van der Waals surface area contributed by atoms with Gasteiger partial charge in [0.2, 0.25) is 11.8 Å². The summed E-state index contributed by atoms with van der Waals surface area (Å²) in [5.74, 6) is 0.308. The van der Waals surface area contributed by atoms with Gasteiger partial charge in [-0.1, -0.05) is 30.7 Å². The molecule has 0 aromatic heterocycles. The first-order valence-corrected chi connectivity index (χ1v) is 7.78. The summed E-state index contributed by atoms with van der Waals surface area (Å²) >= 11 is 5.84. The Morgan fingerprint density at radius 2 is 1.52 bits per heavy atom. The van der Waals surface area contributed by atoms with Gasteiger partial charge in [0.15, 0.2) is 0 Å². The Morgan fingerprint density at radius 3 is 2.05 bits per heavy atom. The molecular formula is C16H21ClN2O2. The van der Waals surface area contributed by atoms with Crippen LogP contribution in [0.2, 0.25) is 5.02 Å². The van der Waals surface area contributed by atoms with Crippen LogP contribution in [-0.2, 0) is 16.0 Å². The van der Waals surface area contributed by atoms with Crippen molar-refractivity contribution in [1.82, 2.24) is 9.80 Å². The highest BCUT2D eigenvalue weighted by Crippen LogP contribution is 2.12. The molecule has 2 rings (SSSR count). The second-order valence-electron chi connectivity index (χ2n) is 5.31. The Balaban J connectivity index is 1.83. The van der Waals surface area contributed by atoms with Crippen molar-refractivity contribution in [2.45, 2.75) is 26.2 Å². The molecule has 1 saturated heterocycles. The molecule has 1 aromatic rings. The zero-order chi connectivity index (χ0) is 15.2. The zero-order valence-electron chi connectivity index (χ0n) is 12.3. The lowest BCUT2D eigenvalue weighted by molar-refractivity contribution is -0.139. The molecule has 0 atom stereocenters. The summed E-state index contributed by atoms with van der Waals surface area (Å²) in [6, 6.07) is 7.35. The van der Waals surface area contributed by atoms with Crippen LogP contribution in [-0.4, -0.2) is 47.8 Å². The van der Waals surface area contributed by atoms with Crippen LogP contribution in [0.5, 0.6) is 0 Å². The lowest BCUT2D eigenvalue weighted by Gasteiger charge is -2.35. The van der Waals surface area contributed by atoms with Crippen molar-refractivity contribution in [3.05, 3.63) is 34.9 Å². The molecule has 1 fully saturated rings. The lowest BCUT2D eigenvalue weighted by atomic mass is 10.1. The van der Waals surface area contributed by atoms with Crippen molar-refractivity contribution < 1.29 is 9.59 Å². The summed E-state index contributed by atoms with van der Waals surface area (Å²) in [6.07, 6.45) is 1.85. The number of piperazine rings is 1. The van der Waals surface area contributed by atoms with Crippen molar-refractivity contribution >= 4 is 23.4 Å². The Morgan fingerprint density at radius 1 is 1.00 bits per heavy atom. The van der Waals surface area contributed by atoms with Crippen LogP contribution in [0.4, 0.5) is 0 Å². The van der Waals surface area contributed by atoms with E-state index in [1.54, 1.807) is 12.1 Å². The van der Waals surface area contributed by atoms with Crippen LogP contribution in [0, 0.1) is 0 Å². The van der Waals surface area contributed by atoms with Crippen molar-refractivity contribution in [2.75, 3.05) is 26.2 Å². The standard InChI is InChI=1S/C16H21ClN2O2/c1-2-3-15(20)18-8-10-19(11-9-18)16(21)12-13-4-6-14(17)7-5-13/h4-7H,2-3,8-12H2,1H3. The minimum atomic E-state index is 0.111. The van der Waals surface area contributed by atoms with Gasteiger partial charge in [0.1, 0.15) is 0 Å². The van der Waals surface area contributed by atoms with E-state index in [0.717, 1.165) is 12.0 Å². The molecule has 1 aliphatic rings. The summed E-state index contributed by atoms with van der Waals surface area (Å²) < 4.78 is 0. The maximum absolute atomic E-state index is 12.2. The molecule has 0 radical (unpaired) electrons. The predicted octanol–water partition coefficient (Wildman–Crippen LogP) is 2.35. The average Bonchev–Trinajstić information content (AvgIpc) is 2.50. The lowest BCUT2D eigenvalue weighted by Crippen LogP contribution is -2.50. The molecule has 0 spiro atoms. The fraction of sp³-hybridized carbons (Fsp3) is 0.500. The second kappa shape index (κ2) is 7.46. The largest absolute Gasteiger partial charge is 0.339 e. The van der Waals surface area contributed by atoms with Crippen molar-refractivity contribution in [3.63, 3.8) is 0 Å². The highest BCUT2D eigenvalue weighted by molar-refractivity contribution is 6.30. The maximum Gasteiger partial charge on any atom is 0.227 e. The molecule has 1 aromatic carbocycles. The summed E-state index contributed by atoms with van der Waals surface area (Å²) in [5.41, 5.74) is 0.967. The Hall–Kier alpha value is -1.55. The third-order valence-corrected chi connectivity index (χ3v) is 3.97. The van der Waals surface area contributed by atoms with E-state index in [4.69, 9.17) is 11.6 Å². The third kappa shape index (κ3) is 4.46. The van der Waals surface area contributed by atoms with Crippen molar-refractivity contribution in [3.8, 4) is 0 Å². The number of carbonyl (C=O) groups excluding carboxylic acids is 2. The van der Waals surface area contributed by atoms with Crippen molar-refractivity contribution in [1.29, 1.82) is 0 Å². The quantitative estimate of drug-likeness (QED) is 0.856. The molecule has 1 heterocycles. The number of rotatable bonds is 4. The minimum absolute atomic E-state index is 0.111. The van der Waals surface area contributed by atoms with E-state index in [-0.39, 0.29) is 11.8 Å². The van der Waals surface area contributed by atoms with Crippen molar-refractivity contribution in [2.24, 2.45) is 0 Å². The topological polar surface area (TPSA) is 40.6 Å². The van der Waals surface area contributed by atoms with Gasteiger partial charge in [0.05, 0.1) is 6.42 Å². The number of amides is 2. The smallest absolute Gasteiger partial charge is 0.227 e. The summed E-state index contributed by atoms with van der Waals surface area (Å²) in [4.78, 5) is 27.7. The molecule has 4 nitrogen and oxygen atoms in total. The molecule has 21 heavy (non-hydrogen) atoms. The number of halogens is 1. The van der Waals surface area contributed by atoms with Gasteiger partial charge in [-0.25, -0.2) is 0 Å². The van der Waals surface area contributed by atoms with E-state index in [2.05, 4.69) is 0 Å². The first-order chi connectivity index (χ1) is 10.1. The Kier molecular flexibility index (Phi) is 5.62. The highest BCUT2D eigenvalue weighted by Gasteiger charge is 2.23. The molecule has 114 valence electrons. The minimum Gasteiger partial charge on any atom is -0.339 e. The Bertz CT molecular complexity index is 494. The average molecular weight is 309 g/mol. The molecule has 0 unspecified atom stereocenters. The van der Waals surface area contributed by atoms with Gasteiger partial charge in [-0.05, 0) is 24.1 Å². The number of hydrogen-bond donors (Lipinski definition) is 0. The highest BCUT2D eigenvalue weighted by atomic mass is 35.5. The predicted molar refractivity (Wildman–Crippen MR) is 83.2 cm³/mol. The fourth-order valence-electron chi connectivity index (χ4n) is 2.47. The summed E-state index contributed by atoms with van der Waals surface area (Å²) in [5, 5.41) is 0.675. The van der Waals surface area contributed by atoms with Gasteiger partial charge in [0.25, 0.3) is 0 Å². The molecule has 5 heteroatoms. The zero-order valence-corrected chi connectivity index (χ0v) is 13.1. The van der Waals surface area contributed by atoms with Crippen LogP contribution < -0.4 is 0 Å². The summed E-state index contributed by atoms with van der Waals surface area (Å²) in [7, 11) is 0. The SMILES string of the molecule is CCCC(=O)N1CCN(C(=O)Cc2ccc(Cl)cc2)CC1. The van der Waals surface area contributed by atoms with Gasteiger partial charge >= 0.3 is 0 Å². The molecule has 0 N–H and O–H groups in total. The van der Waals surface area contributed by atoms with E-state index in [9.17, 15) is 9.59 Å². The summed E-state index contributed by atoms with van der Waals surface area (Å²) in [6.45, 7) is 4.55. The van der Waals surface area contributed by atoms with E-state index in [1.807, 2.05) is 28.9 Å². The normalized spacial score (nSPS) is 15.1. The third-order valence-electron chi connectivity index (χ3n) is 3.72. The molecular weight excluding hydrogens is 288 g/mol. The van der Waals surface area contributed by atoms with E-state index in [1.165, 1.54) is 0 Å². The number of hydrogen-bond acceptors (Lipinski definition) is 2. The van der Waals surface area contributed by atoms with Crippen LogP contribution in [0.25, 0.3) is 0 Å².